The van der Waals surface area contributed by atoms with Crippen LogP contribution in [0.15, 0.2) is 36.9 Å². The van der Waals surface area contributed by atoms with Crippen molar-refractivity contribution in [3.05, 3.63) is 36.9 Å². The Bertz CT molecular complexity index is 665. The molecule has 39 heavy (non-hydrogen) atoms. The Balaban J connectivity index is 1.39. The highest BCUT2D eigenvalue weighted by Gasteiger charge is 2.16. The number of allylic oxidation sites excluding steroid dienone is 1. The van der Waals surface area contributed by atoms with E-state index in [-0.39, 0.29) is 0 Å². The predicted molar refractivity (Wildman–Crippen MR) is 173 cm³/mol. The minimum absolute atomic E-state index is 0.832. The highest BCUT2D eigenvalue weighted by atomic mass is 16.5. The Labute approximate surface area is 243 Å². The van der Waals surface area contributed by atoms with Crippen molar-refractivity contribution in [1.29, 1.82) is 0 Å². The first-order chi connectivity index (χ1) is 19.3. The molecule has 2 rings (SSSR count). The maximum Gasteiger partial charge on any atom is 0.119 e. The van der Waals surface area contributed by atoms with E-state index < -0.39 is 0 Å². The first-order valence-corrected chi connectivity index (χ1v) is 17.1. The minimum Gasteiger partial charge on any atom is -0.494 e. The number of anilines is 1. The summed E-state index contributed by atoms with van der Waals surface area (Å²) in [6.45, 7) is 12.9. The van der Waals surface area contributed by atoms with E-state index in [1.807, 2.05) is 6.08 Å². The van der Waals surface area contributed by atoms with Gasteiger partial charge in [-0.3, -0.25) is 4.90 Å². The van der Waals surface area contributed by atoms with Crippen molar-refractivity contribution in [2.24, 2.45) is 0 Å². The van der Waals surface area contributed by atoms with Crippen molar-refractivity contribution >= 4 is 5.69 Å². The van der Waals surface area contributed by atoms with Gasteiger partial charge < -0.3 is 9.64 Å². The van der Waals surface area contributed by atoms with Crippen LogP contribution in [0.1, 0.15) is 142 Å². The zero-order valence-electron chi connectivity index (χ0n) is 26.0. The molecule has 0 N–H and O–H groups in total. The molecule has 1 aromatic rings. The summed E-state index contributed by atoms with van der Waals surface area (Å²) in [5.41, 5.74) is 1.34. The molecule has 0 saturated carbocycles. The van der Waals surface area contributed by atoms with Crippen LogP contribution in [-0.4, -0.2) is 44.2 Å². The topological polar surface area (TPSA) is 15.7 Å². The molecular weight excluding hydrogens is 476 g/mol. The van der Waals surface area contributed by atoms with E-state index >= 15 is 0 Å². The van der Waals surface area contributed by atoms with Crippen LogP contribution in [0.3, 0.4) is 0 Å². The number of hydrogen-bond donors (Lipinski definition) is 0. The van der Waals surface area contributed by atoms with E-state index in [2.05, 4.69) is 47.6 Å². The summed E-state index contributed by atoms with van der Waals surface area (Å²) in [5, 5.41) is 0. The van der Waals surface area contributed by atoms with Crippen molar-refractivity contribution in [1.82, 2.24) is 4.90 Å². The fraction of sp³-hybridized carbons (Fsp3) is 0.778. The number of nitrogens with zero attached hydrogens (tertiary/aromatic N) is 2. The van der Waals surface area contributed by atoms with Crippen LogP contribution in [0, 0.1) is 0 Å². The Morgan fingerprint density at radius 1 is 0.615 bits per heavy atom. The molecule has 0 spiro atoms. The molecule has 1 heterocycles. The van der Waals surface area contributed by atoms with Gasteiger partial charge in [0.25, 0.3) is 0 Å². The summed E-state index contributed by atoms with van der Waals surface area (Å²) in [4.78, 5) is 5.21. The molecule has 0 unspecified atom stereocenters. The third kappa shape index (κ3) is 17.7. The van der Waals surface area contributed by atoms with E-state index in [1.165, 1.54) is 147 Å². The lowest BCUT2D eigenvalue weighted by molar-refractivity contribution is 0.252. The van der Waals surface area contributed by atoms with Crippen LogP contribution in [0.4, 0.5) is 5.69 Å². The van der Waals surface area contributed by atoms with Gasteiger partial charge in [0.05, 0.1) is 6.61 Å². The number of hydrogen-bond acceptors (Lipinski definition) is 3. The van der Waals surface area contributed by atoms with E-state index in [9.17, 15) is 0 Å². The molecule has 0 atom stereocenters. The SMILES string of the molecule is C=CCCCCCCCOc1ccc(N2CCN(CCCCCCCCCCCCCCCCC)CC2)cc1. The van der Waals surface area contributed by atoms with Crippen molar-refractivity contribution in [2.75, 3.05) is 44.2 Å². The van der Waals surface area contributed by atoms with Gasteiger partial charge in [-0.15, -0.1) is 6.58 Å². The van der Waals surface area contributed by atoms with Crippen LogP contribution in [0.2, 0.25) is 0 Å². The molecule has 0 aromatic heterocycles. The van der Waals surface area contributed by atoms with Crippen LogP contribution < -0.4 is 9.64 Å². The smallest absolute Gasteiger partial charge is 0.119 e. The maximum absolute atomic E-state index is 5.97. The largest absolute Gasteiger partial charge is 0.494 e. The molecule has 1 fully saturated rings. The van der Waals surface area contributed by atoms with Crippen molar-refractivity contribution in [3.63, 3.8) is 0 Å². The normalized spacial score (nSPS) is 14.1. The van der Waals surface area contributed by atoms with Gasteiger partial charge in [-0.05, 0) is 56.5 Å². The Kier molecular flexibility index (Phi) is 21.0. The molecular formula is C36H64N2O. The molecule has 0 radical (unpaired) electrons. The molecule has 1 saturated heterocycles. The summed E-state index contributed by atoms with van der Waals surface area (Å²) in [6.07, 6.45) is 31.1. The Morgan fingerprint density at radius 3 is 1.64 bits per heavy atom. The van der Waals surface area contributed by atoms with Gasteiger partial charge in [0, 0.05) is 31.9 Å². The molecule has 1 aliphatic heterocycles. The highest BCUT2D eigenvalue weighted by molar-refractivity contribution is 5.49. The zero-order chi connectivity index (χ0) is 27.6. The van der Waals surface area contributed by atoms with Gasteiger partial charge in [-0.25, -0.2) is 0 Å². The second-order valence-corrected chi connectivity index (χ2v) is 12.0. The van der Waals surface area contributed by atoms with Gasteiger partial charge in [-0.2, -0.15) is 0 Å². The van der Waals surface area contributed by atoms with E-state index in [4.69, 9.17) is 4.74 Å². The first-order valence-electron chi connectivity index (χ1n) is 17.1. The third-order valence-corrected chi connectivity index (χ3v) is 8.47. The third-order valence-electron chi connectivity index (χ3n) is 8.47. The zero-order valence-corrected chi connectivity index (χ0v) is 26.0. The quantitative estimate of drug-likeness (QED) is 0.0858. The molecule has 3 nitrogen and oxygen atoms in total. The summed E-state index contributed by atoms with van der Waals surface area (Å²) < 4.78 is 5.97. The second-order valence-electron chi connectivity index (χ2n) is 12.0. The summed E-state index contributed by atoms with van der Waals surface area (Å²) in [7, 11) is 0. The molecule has 3 heteroatoms. The van der Waals surface area contributed by atoms with Crippen LogP contribution in [0.25, 0.3) is 0 Å². The van der Waals surface area contributed by atoms with Crippen LogP contribution in [0.5, 0.6) is 5.75 Å². The van der Waals surface area contributed by atoms with Crippen LogP contribution in [-0.2, 0) is 0 Å². The lowest BCUT2D eigenvalue weighted by Gasteiger charge is -2.36. The number of benzene rings is 1. The average molecular weight is 541 g/mol. The average Bonchev–Trinajstić information content (AvgIpc) is 2.97. The van der Waals surface area contributed by atoms with Crippen molar-refractivity contribution < 1.29 is 4.74 Å². The Morgan fingerprint density at radius 2 is 1.10 bits per heavy atom. The lowest BCUT2D eigenvalue weighted by atomic mass is 10.0. The van der Waals surface area contributed by atoms with Gasteiger partial charge in [0.15, 0.2) is 0 Å². The fourth-order valence-corrected chi connectivity index (χ4v) is 5.80. The molecule has 224 valence electrons. The van der Waals surface area contributed by atoms with Crippen molar-refractivity contribution in [3.8, 4) is 5.75 Å². The van der Waals surface area contributed by atoms with Gasteiger partial charge in [0.2, 0.25) is 0 Å². The highest BCUT2D eigenvalue weighted by Crippen LogP contribution is 2.21. The standard InChI is InChI=1S/C36H64N2O/c1-3-5-7-9-11-12-13-14-15-16-17-18-19-21-23-29-37-30-32-38(33-31-37)35-25-27-36(28-26-35)39-34-24-22-20-10-8-6-4-2/h4,25-28H,2-3,5-24,29-34H2,1H3. The minimum atomic E-state index is 0.832. The monoisotopic (exact) mass is 541 g/mol. The summed E-state index contributed by atoms with van der Waals surface area (Å²) >= 11 is 0. The molecule has 1 aromatic carbocycles. The maximum atomic E-state index is 5.97. The van der Waals surface area contributed by atoms with E-state index in [1.54, 1.807) is 0 Å². The second kappa shape index (κ2) is 24.3. The molecule has 1 aliphatic rings. The van der Waals surface area contributed by atoms with Crippen LogP contribution >= 0.6 is 0 Å². The number of ether oxygens (including phenoxy) is 1. The van der Waals surface area contributed by atoms with Gasteiger partial charge in [0.1, 0.15) is 5.75 Å². The first kappa shape index (κ1) is 33.7. The molecule has 0 amide bonds. The fourth-order valence-electron chi connectivity index (χ4n) is 5.80. The molecule has 0 aliphatic carbocycles. The number of rotatable bonds is 26. The number of unbranched alkanes of at least 4 members (excludes halogenated alkanes) is 19. The summed E-state index contributed by atoms with van der Waals surface area (Å²) in [5.74, 6) is 1.01. The van der Waals surface area contributed by atoms with Gasteiger partial charge >= 0.3 is 0 Å². The van der Waals surface area contributed by atoms with Crippen molar-refractivity contribution in [2.45, 2.75) is 142 Å². The number of piperazine rings is 1. The lowest BCUT2D eigenvalue weighted by Crippen LogP contribution is -2.46. The molecule has 0 bridgehead atoms. The predicted octanol–water partition coefficient (Wildman–Crippen LogP) is 10.6. The Hall–Kier alpha value is -1.48. The van der Waals surface area contributed by atoms with E-state index in [0.29, 0.717) is 0 Å². The van der Waals surface area contributed by atoms with E-state index in [0.717, 1.165) is 38.3 Å². The van der Waals surface area contributed by atoms with Gasteiger partial charge in [-0.1, -0.05) is 122 Å². The summed E-state index contributed by atoms with van der Waals surface area (Å²) in [6, 6.07) is 8.80.